The van der Waals surface area contributed by atoms with Crippen LogP contribution in [0.5, 0.6) is 11.5 Å². The molecule has 0 N–H and O–H groups in total. The average Bonchev–Trinajstić information content (AvgIpc) is 2.90. The van der Waals surface area contributed by atoms with Gasteiger partial charge in [-0.15, -0.1) is 0 Å². The van der Waals surface area contributed by atoms with Gasteiger partial charge in [-0.25, -0.2) is 0 Å². The molecule has 0 atom stereocenters. The summed E-state index contributed by atoms with van der Waals surface area (Å²) in [6.07, 6.45) is 3.26. The normalized spacial score (nSPS) is 19.7. The standard InChI is InChI=1S/C37H46BrNO5/c1-22-12-23(2)14-24(13-22)21-44-35-26(38)15-25(16-31(35)43-8)32-33-27(17-36(3,4)19-29(33)40)39(10-9-11-42-7)28-18-37(5,6)20-30(41)34(28)32/h12-16,32H,9-11,17-21H2,1-8H3. The number of hydrogen-bond donors (Lipinski definition) is 0. The van der Waals surface area contributed by atoms with Crippen LogP contribution in [0, 0.1) is 24.7 Å². The van der Waals surface area contributed by atoms with Gasteiger partial charge in [0, 0.05) is 61.6 Å². The molecule has 0 aromatic heterocycles. The lowest BCUT2D eigenvalue weighted by atomic mass is 9.63. The largest absolute Gasteiger partial charge is 0.493 e. The first-order valence-corrected chi connectivity index (χ1v) is 16.4. The van der Waals surface area contributed by atoms with Gasteiger partial charge in [0.1, 0.15) is 6.61 Å². The number of hydrogen-bond acceptors (Lipinski definition) is 6. The Morgan fingerprint density at radius 3 is 1.93 bits per heavy atom. The fraction of sp³-hybridized carbons (Fsp3) is 0.514. The number of allylic oxidation sites excluding steroid dienone is 4. The van der Waals surface area contributed by atoms with Crippen molar-refractivity contribution in [3.8, 4) is 11.5 Å². The third-order valence-electron chi connectivity index (χ3n) is 9.00. The van der Waals surface area contributed by atoms with Crippen molar-refractivity contribution in [3.63, 3.8) is 0 Å². The fourth-order valence-electron chi connectivity index (χ4n) is 7.37. The summed E-state index contributed by atoms with van der Waals surface area (Å²) in [5.41, 5.74) is 7.61. The van der Waals surface area contributed by atoms with Crippen molar-refractivity contribution in [2.24, 2.45) is 10.8 Å². The summed E-state index contributed by atoms with van der Waals surface area (Å²) in [4.78, 5) is 30.6. The highest BCUT2D eigenvalue weighted by molar-refractivity contribution is 9.10. The number of ketones is 2. The highest BCUT2D eigenvalue weighted by Gasteiger charge is 2.49. The zero-order chi connectivity index (χ0) is 32.0. The van der Waals surface area contributed by atoms with E-state index in [1.54, 1.807) is 14.2 Å². The molecule has 0 bridgehead atoms. The van der Waals surface area contributed by atoms with Crippen molar-refractivity contribution < 1.29 is 23.8 Å². The zero-order valence-electron chi connectivity index (χ0n) is 27.5. The molecule has 44 heavy (non-hydrogen) atoms. The molecule has 3 aliphatic rings. The molecule has 236 valence electrons. The Balaban J connectivity index is 1.64. The van der Waals surface area contributed by atoms with Gasteiger partial charge in [-0.3, -0.25) is 9.59 Å². The van der Waals surface area contributed by atoms with Gasteiger partial charge in [0.05, 0.1) is 11.6 Å². The summed E-state index contributed by atoms with van der Waals surface area (Å²) < 4.78 is 18.4. The second-order valence-electron chi connectivity index (χ2n) is 14.4. The molecule has 0 unspecified atom stereocenters. The first-order chi connectivity index (χ1) is 20.7. The van der Waals surface area contributed by atoms with E-state index in [9.17, 15) is 9.59 Å². The van der Waals surface area contributed by atoms with Gasteiger partial charge in [0.15, 0.2) is 23.1 Å². The fourth-order valence-corrected chi connectivity index (χ4v) is 7.95. The molecule has 0 radical (unpaired) electrons. The third kappa shape index (κ3) is 6.55. The van der Waals surface area contributed by atoms with E-state index in [0.29, 0.717) is 44.1 Å². The van der Waals surface area contributed by atoms with Gasteiger partial charge in [-0.2, -0.15) is 0 Å². The molecule has 2 aromatic carbocycles. The number of methoxy groups -OCH3 is 2. The van der Waals surface area contributed by atoms with Crippen molar-refractivity contribution in [2.75, 3.05) is 27.4 Å². The van der Waals surface area contributed by atoms with E-state index in [2.05, 4.69) is 80.6 Å². The van der Waals surface area contributed by atoms with Crippen molar-refractivity contribution in [1.82, 2.24) is 4.90 Å². The van der Waals surface area contributed by atoms with Gasteiger partial charge in [0.2, 0.25) is 0 Å². The molecule has 0 saturated heterocycles. The Labute approximate surface area is 271 Å². The van der Waals surface area contributed by atoms with Crippen LogP contribution in [0.2, 0.25) is 0 Å². The number of halogens is 1. The van der Waals surface area contributed by atoms with Gasteiger partial charge >= 0.3 is 0 Å². The van der Waals surface area contributed by atoms with Crippen molar-refractivity contribution in [3.05, 3.63) is 79.6 Å². The Bertz CT molecular complexity index is 1470. The summed E-state index contributed by atoms with van der Waals surface area (Å²) >= 11 is 3.77. The maximum absolute atomic E-state index is 14.1. The van der Waals surface area contributed by atoms with E-state index in [1.807, 2.05) is 12.1 Å². The quantitative estimate of drug-likeness (QED) is 0.251. The van der Waals surface area contributed by atoms with E-state index in [-0.39, 0.29) is 22.4 Å². The lowest BCUT2D eigenvalue weighted by Crippen LogP contribution is -2.44. The van der Waals surface area contributed by atoms with E-state index in [1.165, 1.54) is 11.1 Å². The number of carbonyl (C=O) groups is 2. The number of rotatable bonds is 9. The van der Waals surface area contributed by atoms with Crippen LogP contribution in [0.1, 0.15) is 88.0 Å². The minimum Gasteiger partial charge on any atom is -0.493 e. The Hall–Kier alpha value is -2.90. The SMILES string of the molecule is COCCCN1C2=C(C(=O)CC(C)(C)C2)C(c2cc(Br)c(OCc3cc(C)cc(C)c3)c(OC)c2)C2=C1CC(C)(C)CC2=O. The molecule has 0 fully saturated rings. The smallest absolute Gasteiger partial charge is 0.175 e. The summed E-state index contributed by atoms with van der Waals surface area (Å²) in [5, 5.41) is 0. The Morgan fingerprint density at radius 2 is 1.41 bits per heavy atom. The lowest BCUT2D eigenvalue weighted by Gasteiger charge is -2.49. The second kappa shape index (κ2) is 12.5. The lowest BCUT2D eigenvalue weighted by molar-refractivity contribution is -0.119. The van der Waals surface area contributed by atoms with E-state index < -0.39 is 5.92 Å². The van der Waals surface area contributed by atoms with Gasteiger partial charge in [-0.1, -0.05) is 57.0 Å². The predicted molar refractivity (Wildman–Crippen MR) is 177 cm³/mol. The maximum Gasteiger partial charge on any atom is 0.175 e. The molecule has 0 amide bonds. The highest BCUT2D eigenvalue weighted by Crippen LogP contribution is 2.55. The molecular weight excluding hydrogens is 618 g/mol. The first-order valence-electron chi connectivity index (χ1n) is 15.6. The minimum atomic E-state index is -0.454. The molecule has 1 aliphatic heterocycles. The number of ether oxygens (including phenoxy) is 3. The van der Waals surface area contributed by atoms with E-state index in [0.717, 1.165) is 57.4 Å². The van der Waals surface area contributed by atoms with Crippen LogP contribution in [-0.4, -0.2) is 43.8 Å². The van der Waals surface area contributed by atoms with Crippen LogP contribution >= 0.6 is 15.9 Å². The molecule has 2 aliphatic carbocycles. The Kier molecular flexibility index (Phi) is 9.21. The van der Waals surface area contributed by atoms with Crippen LogP contribution in [0.15, 0.2) is 57.3 Å². The third-order valence-corrected chi connectivity index (χ3v) is 9.59. The predicted octanol–water partition coefficient (Wildman–Crippen LogP) is 8.38. The molecule has 5 rings (SSSR count). The highest BCUT2D eigenvalue weighted by atomic mass is 79.9. The summed E-state index contributed by atoms with van der Waals surface area (Å²) in [6.45, 7) is 14.5. The maximum atomic E-state index is 14.1. The number of carbonyl (C=O) groups excluding carboxylic acids is 2. The van der Waals surface area contributed by atoms with Crippen molar-refractivity contribution in [2.45, 2.75) is 86.2 Å². The molecule has 0 spiro atoms. The zero-order valence-corrected chi connectivity index (χ0v) is 29.1. The molecule has 6 nitrogen and oxygen atoms in total. The molecular formula is C37H46BrNO5. The number of aryl methyl sites for hydroxylation is 2. The average molecular weight is 665 g/mol. The molecule has 2 aromatic rings. The number of benzene rings is 2. The van der Waals surface area contributed by atoms with Crippen molar-refractivity contribution in [1.29, 1.82) is 0 Å². The molecule has 0 saturated carbocycles. The van der Waals surface area contributed by atoms with Crippen LogP contribution in [-0.2, 0) is 20.9 Å². The van der Waals surface area contributed by atoms with Crippen LogP contribution in [0.3, 0.4) is 0 Å². The van der Waals surface area contributed by atoms with E-state index >= 15 is 0 Å². The van der Waals surface area contributed by atoms with Gasteiger partial charge in [-0.05, 0) is 83.1 Å². The Morgan fingerprint density at radius 1 is 0.841 bits per heavy atom. The number of Topliss-reactive ketones (excluding diaryl/α,β-unsaturated/α-hetero) is 2. The second-order valence-corrected chi connectivity index (χ2v) is 15.2. The van der Waals surface area contributed by atoms with Crippen LogP contribution in [0.25, 0.3) is 0 Å². The molecule has 1 heterocycles. The topological polar surface area (TPSA) is 65.1 Å². The summed E-state index contributed by atoms with van der Waals surface area (Å²) in [5.74, 6) is 0.949. The van der Waals surface area contributed by atoms with Gasteiger partial charge < -0.3 is 19.1 Å². The minimum absolute atomic E-state index is 0.118. The van der Waals surface area contributed by atoms with Gasteiger partial charge in [0.25, 0.3) is 0 Å². The van der Waals surface area contributed by atoms with Crippen LogP contribution < -0.4 is 9.47 Å². The van der Waals surface area contributed by atoms with E-state index in [4.69, 9.17) is 14.2 Å². The number of nitrogens with zero attached hydrogens (tertiary/aromatic N) is 1. The monoisotopic (exact) mass is 663 g/mol. The first kappa shape index (κ1) is 32.5. The van der Waals surface area contributed by atoms with Crippen molar-refractivity contribution >= 4 is 27.5 Å². The summed E-state index contributed by atoms with van der Waals surface area (Å²) in [7, 11) is 3.34. The summed E-state index contributed by atoms with van der Waals surface area (Å²) in [6, 6.07) is 10.4. The molecule has 7 heteroatoms. The van der Waals surface area contributed by atoms with Crippen LogP contribution in [0.4, 0.5) is 0 Å².